The molecule has 3 aromatic carbocycles. The lowest BCUT2D eigenvalue weighted by Crippen LogP contribution is -2.37. The molecule has 0 aromatic heterocycles. The smallest absolute Gasteiger partial charge is 0.243 e. The molecule has 0 unspecified atom stereocenters. The Kier molecular flexibility index (Phi) is 7.04. The number of nitrogens with zero attached hydrogens (tertiary/aromatic N) is 1. The number of carbonyl (C=O) groups excluding carboxylic acids is 1. The van der Waals surface area contributed by atoms with Crippen molar-refractivity contribution in [2.24, 2.45) is 0 Å². The molecule has 0 aliphatic carbocycles. The maximum absolute atomic E-state index is 13.4. The Morgan fingerprint density at radius 2 is 1.71 bits per heavy atom. The molecule has 1 N–H and O–H groups in total. The topological polar surface area (TPSA) is 66.5 Å². The first-order valence-corrected chi connectivity index (χ1v) is 11.0. The van der Waals surface area contributed by atoms with Crippen molar-refractivity contribution in [2.45, 2.75) is 18.4 Å². The third kappa shape index (κ3) is 5.88. The van der Waals surface area contributed by atoms with Gasteiger partial charge in [0.1, 0.15) is 0 Å². The van der Waals surface area contributed by atoms with E-state index in [1.54, 1.807) is 12.1 Å². The van der Waals surface area contributed by atoms with Gasteiger partial charge in [0.2, 0.25) is 15.9 Å². The monoisotopic (exact) mass is 464 g/mol. The first-order chi connectivity index (χ1) is 14.6. The number of nitrogens with one attached hydrogen (secondary N) is 1. The normalized spacial score (nSPS) is 11.5. The molecule has 0 atom stereocenters. The van der Waals surface area contributed by atoms with Crippen LogP contribution in [0.15, 0.2) is 71.6 Å². The Morgan fingerprint density at radius 1 is 1.00 bits per heavy atom. The van der Waals surface area contributed by atoms with Crippen LogP contribution in [0.2, 0.25) is 5.02 Å². The lowest BCUT2D eigenvalue weighted by Gasteiger charge is -2.22. The molecule has 0 aliphatic heterocycles. The third-order valence-corrected chi connectivity index (χ3v) is 6.47. The number of anilines is 1. The minimum atomic E-state index is -4.05. The number of carbonyl (C=O) groups is 1. The summed E-state index contributed by atoms with van der Waals surface area (Å²) in [7, 11) is -4.05. The number of amides is 1. The van der Waals surface area contributed by atoms with E-state index in [9.17, 15) is 22.0 Å². The highest BCUT2D eigenvalue weighted by Gasteiger charge is 2.27. The summed E-state index contributed by atoms with van der Waals surface area (Å²) in [5.41, 5.74) is 1.65. The summed E-state index contributed by atoms with van der Waals surface area (Å²) in [6.07, 6.45) is 0. The van der Waals surface area contributed by atoms with Crippen molar-refractivity contribution in [3.63, 3.8) is 0 Å². The van der Waals surface area contributed by atoms with Gasteiger partial charge in [0.15, 0.2) is 11.6 Å². The van der Waals surface area contributed by atoms with Crippen molar-refractivity contribution in [1.82, 2.24) is 4.31 Å². The highest BCUT2D eigenvalue weighted by Crippen LogP contribution is 2.21. The molecule has 1 amide bonds. The number of rotatable bonds is 7. The van der Waals surface area contributed by atoms with E-state index in [2.05, 4.69) is 5.32 Å². The van der Waals surface area contributed by atoms with Gasteiger partial charge in [-0.3, -0.25) is 4.79 Å². The van der Waals surface area contributed by atoms with Crippen molar-refractivity contribution in [1.29, 1.82) is 0 Å². The van der Waals surface area contributed by atoms with Crippen molar-refractivity contribution in [2.75, 3.05) is 11.9 Å². The highest BCUT2D eigenvalue weighted by molar-refractivity contribution is 7.89. The molecule has 0 heterocycles. The molecule has 0 aliphatic rings. The van der Waals surface area contributed by atoms with Gasteiger partial charge in [-0.2, -0.15) is 4.31 Å². The second-order valence-electron chi connectivity index (χ2n) is 6.89. The average Bonchev–Trinajstić information content (AvgIpc) is 2.70. The van der Waals surface area contributed by atoms with Crippen molar-refractivity contribution in [3.05, 3.63) is 94.5 Å². The van der Waals surface area contributed by atoms with Crippen molar-refractivity contribution >= 4 is 33.2 Å². The van der Waals surface area contributed by atoms with Crippen LogP contribution in [0, 0.1) is 18.6 Å². The zero-order valence-corrected chi connectivity index (χ0v) is 18.1. The summed E-state index contributed by atoms with van der Waals surface area (Å²) in [4.78, 5) is 12.5. The summed E-state index contributed by atoms with van der Waals surface area (Å²) in [5, 5.41) is 2.77. The fourth-order valence-electron chi connectivity index (χ4n) is 2.93. The standard InChI is InChI=1S/C22H19ClF2N2O3S/c1-15-3-2-4-16(11-15)13-27(31(29,30)19-8-5-17(23)6-9-19)14-22(28)26-18-7-10-20(24)21(25)12-18/h2-12H,13-14H2,1H3,(H,26,28). The minimum absolute atomic E-state index is 0.0169. The van der Waals surface area contributed by atoms with E-state index in [0.717, 1.165) is 22.0 Å². The Labute approximate surface area is 184 Å². The van der Waals surface area contributed by atoms with Gasteiger partial charge < -0.3 is 5.32 Å². The van der Waals surface area contributed by atoms with Gasteiger partial charge in [0.05, 0.1) is 11.4 Å². The van der Waals surface area contributed by atoms with Crippen LogP contribution >= 0.6 is 11.6 Å². The molecule has 5 nitrogen and oxygen atoms in total. The highest BCUT2D eigenvalue weighted by atomic mass is 35.5. The molecule has 0 saturated carbocycles. The quantitative estimate of drug-likeness (QED) is 0.548. The molecule has 0 bridgehead atoms. The van der Waals surface area contributed by atoms with Crippen LogP contribution in [0.4, 0.5) is 14.5 Å². The van der Waals surface area contributed by atoms with Crippen LogP contribution < -0.4 is 5.32 Å². The molecule has 0 radical (unpaired) electrons. The van der Waals surface area contributed by atoms with E-state index in [4.69, 9.17) is 11.6 Å². The largest absolute Gasteiger partial charge is 0.325 e. The lowest BCUT2D eigenvalue weighted by molar-refractivity contribution is -0.116. The van der Waals surface area contributed by atoms with E-state index >= 15 is 0 Å². The summed E-state index contributed by atoms with van der Waals surface area (Å²) in [5.74, 6) is -2.87. The molecule has 9 heteroatoms. The van der Waals surface area contributed by atoms with Crippen LogP contribution in [0.1, 0.15) is 11.1 Å². The summed E-state index contributed by atoms with van der Waals surface area (Å²) >= 11 is 5.86. The van der Waals surface area contributed by atoms with Gasteiger partial charge >= 0.3 is 0 Å². The number of aryl methyl sites for hydroxylation is 1. The van der Waals surface area contributed by atoms with Gasteiger partial charge in [0, 0.05) is 23.3 Å². The Balaban J connectivity index is 1.88. The van der Waals surface area contributed by atoms with Gasteiger partial charge in [-0.25, -0.2) is 17.2 Å². The molecule has 31 heavy (non-hydrogen) atoms. The first kappa shape index (κ1) is 22.9. The second kappa shape index (κ2) is 9.55. The zero-order chi connectivity index (χ0) is 22.6. The minimum Gasteiger partial charge on any atom is -0.325 e. The molecule has 3 aromatic rings. The SMILES string of the molecule is Cc1cccc(CN(CC(=O)Nc2ccc(F)c(F)c2)S(=O)(=O)c2ccc(Cl)cc2)c1. The van der Waals surface area contributed by atoms with Crippen molar-refractivity contribution in [3.8, 4) is 0 Å². The molecule has 0 saturated heterocycles. The van der Waals surface area contributed by atoms with Gasteiger partial charge in [-0.15, -0.1) is 0 Å². The molecule has 162 valence electrons. The molecule has 0 spiro atoms. The Morgan fingerprint density at radius 3 is 2.35 bits per heavy atom. The van der Waals surface area contributed by atoms with Crippen LogP contribution in [0.5, 0.6) is 0 Å². The Hall–Kier alpha value is -2.81. The third-order valence-electron chi connectivity index (χ3n) is 4.42. The molecule has 0 fully saturated rings. The number of sulfonamides is 1. The Bertz CT molecular complexity index is 1200. The van der Waals surface area contributed by atoms with E-state index in [1.165, 1.54) is 30.3 Å². The number of benzene rings is 3. The summed E-state index contributed by atoms with van der Waals surface area (Å²) in [6, 6.07) is 15.7. The predicted octanol–water partition coefficient (Wildman–Crippen LogP) is 4.76. The molecule has 3 rings (SSSR count). The van der Waals surface area contributed by atoms with Gasteiger partial charge in [0.25, 0.3) is 0 Å². The molecular formula is C22H19ClF2N2O3S. The van der Waals surface area contributed by atoms with E-state index in [1.807, 2.05) is 19.1 Å². The predicted molar refractivity (Wildman–Crippen MR) is 115 cm³/mol. The van der Waals surface area contributed by atoms with E-state index in [-0.39, 0.29) is 17.1 Å². The van der Waals surface area contributed by atoms with Crippen LogP contribution in [-0.4, -0.2) is 25.2 Å². The van der Waals surface area contributed by atoms with Crippen LogP contribution in [-0.2, 0) is 21.4 Å². The zero-order valence-electron chi connectivity index (χ0n) is 16.5. The summed E-state index contributed by atoms with van der Waals surface area (Å²) < 4.78 is 54.0. The average molecular weight is 465 g/mol. The lowest BCUT2D eigenvalue weighted by atomic mass is 10.1. The number of hydrogen-bond donors (Lipinski definition) is 1. The second-order valence-corrected chi connectivity index (χ2v) is 9.27. The molecular weight excluding hydrogens is 446 g/mol. The first-order valence-electron chi connectivity index (χ1n) is 9.21. The fraction of sp³-hybridized carbons (Fsp3) is 0.136. The summed E-state index contributed by atoms with van der Waals surface area (Å²) in [6.45, 7) is 1.28. The van der Waals surface area contributed by atoms with Crippen LogP contribution in [0.25, 0.3) is 0 Å². The maximum Gasteiger partial charge on any atom is 0.243 e. The number of halogens is 3. The van der Waals surface area contributed by atoms with E-state index in [0.29, 0.717) is 10.6 Å². The van der Waals surface area contributed by atoms with Gasteiger partial charge in [-0.1, -0.05) is 41.4 Å². The number of hydrogen-bond acceptors (Lipinski definition) is 3. The van der Waals surface area contributed by atoms with Gasteiger partial charge in [-0.05, 0) is 48.9 Å². The van der Waals surface area contributed by atoms with Crippen LogP contribution in [0.3, 0.4) is 0 Å². The maximum atomic E-state index is 13.4. The van der Waals surface area contributed by atoms with E-state index < -0.39 is 34.1 Å². The fourth-order valence-corrected chi connectivity index (χ4v) is 4.44. The van der Waals surface area contributed by atoms with Crippen molar-refractivity contribution < 1.29 is 22.0 Å².